The maximum Gasteiger partial charge on any atom is 0.124 e. The summed E-state index contributed by atoms with van der Waals surface area (Å²) in [6, 6.07) is 13.2. The van der Waals surface area contributed by atoms with Gasteiger partial charge in [-0.1, -0.05) is 24.3 Å². The predicted octanol–water partition coefficient (Wildman–Crippen LogP) is 3.87. The van der Waals surface area contributed by atoms with E-state index in [9.17, 15) is 0 Å². The van der Waals surface area contributed by atoms with Gasteiger partial charge in [-0.15, -0.1) is 0 Å². The van der Waals surface area contributed by atoms with Crippen molar-refractivity contribution in [3.63, 3.8) is 0 Å². The summed E-state index contributed by atoms with van der Waals surface area (Å²) in [6.07, 6.45) is 0.918. The number of nitrogens with two attached hydrogens (primary N) is 1. The normalized spacial score (nSPS) is 12.2. The second kappa shape index (κ2) is 6.10. The molecule has 2 rings (SSSR count). The van der Waals surface area contributed by atoms with Crippen LogP contribution in [0.5, 0.6) is 5.75 Å². The van der Waals surface area contributed by atoms with Crippen molar-refractivity contribution in [3.05, 3.63) is 53.1 Å². The maximum atomic E-state index is 5.83. The van der Waals surface area contributed by atoms with Gasteiger partial charge in [0.15, 0.2) is 0 Å². The van der Waals surface area contributed by atoms with Gasteiger partial charge in [-0.2, -0.15) is 0 Å². The average Bonchev–Trinajstić information content (AvgIpc) is 2.38. The summed E-state index contributed by atoms with van der Waals surface area (Å²) >= 11 is 0. The summed E-state index contributed by atoms with van der Waals surface area (Å²) in [5.41, 5.74) is 11.9. The summed E-state index contributed by atoms with van der Waals surface area (Å²) < 4.78 is 5.42. The van der Waals surface area contributed by atoms with Gasteiger partial charge in [0.25, 0.3) is 0 Å². The topological polar surface area (TPSA) is 35.2 Å². The molecule has 0 spiro atoms. The zero-order valence-electron chi connectivity index (χ0n) is 12.7. The van der Waals surface area contributed by atoms with E-state index in [1.807, 2.05) is 6.92 Å². The zero-order chi connectivity index (χ0) is 14.7. The van der Waals surface area contributed by atoms with Crippen LogP contribution in [0.1, 0.15) is 23.6 Å². The molecule has 20 heavy (non-hydrogen) atoms. The number of hydrogen-bond donors (Lipinski definition) is 1. The summed E-state index contributed by atoms with van der Waals surface area (Å²) in [4.78, 5) is 0. The lowest BCUT2D eigenvalue weighted by Gasteiger charge is -2.12. The molecule has 0 aliphatic heterocycles. The predicted molar refractivity (Wildman–Crippen MR) is 85.3 cm³/mol. The van der Waals surface area contributed by atoms with Crippen molar-refractivity contribution in [1.82, 2.24) is 0 Å². The Morgan fingerprint density at radius 1 is 1.00 bits per heavy atom. The fraction of sp³-hybridized carbons (Fsp3) is 0.333. The number of ether oxygens (including phenoxy) is 1. The summed E-state index contributed by atoms with van der Waals surface area (Å²) in [7, 11) is 1.72. The van der Waals surface area contributed by atoms with Crippen LogP contribution >= 0.6 is 0 Å². The molecule has 2 N–H and O–H groups in total. The van der Waals surface area contributed by atoms with E-state index < -0.39 is 0 Å². The SMILES string of the molecule is COc1c(C)cc(-c2ccc(CC(C)N)cc2)cc1C. The molecule has 2 nitrogen and oxygen atoms in total. The van der Waals surface area contributed by atoms with Crippen molar-refractivity contribution in [2.45, 2.75) is 33.2 Å². The van der Waals surface area contributed by atoms with Crippen LogP contribution in [0.25, 0.3) is 11.1 Å². The molecule has 2 heteroatoms. The number of benzene rings is 2. The molecule has 0 saturated carbocycles. The molecule has 2 aromatic rings. The summed E-state index contributed by atoms with van der Waals surface area (Å²) in [5, 5.41) is 0. The van der Waals surface area contributed by atoms with E-state index in [1.165, 1.54) is 27.8 Å². The zero-order valence-corrected chi connectivity index (χ0v) is 12.7. The Morgan fingerprint density at radius 3 is 2.00 bits per heavy atom. The Hall–Kier alpha value is -1.80. The number of methoxy groups -OCH3 is 1. The third kappa shape index (κ3) is 3.20. The van der Waals surface area contributed by atoms with E-state index in [2.05, 4.69) is 50.2 Å². The molecule has 0 aliphatic carbocycles. The van der Waals surface area contributed by atoms with Crippen molar-refractivity contribution in [3.8, 4) is 16.9 Å². The van der Waals surface area contributed by atoms with Gasteiger partial charge in [0, 0.05) is 6.04 Å². The highest BCUT2D eigenvalue weighted by Crippen LogP contribution is 2.30. The quantitative estimate of drug-likeness (QED) is 0.914. The van der Waals surface area contributed by atoms with Gasteiger partial charge >= 0.3 is 0 Å². The fourth-order valence-corrected chi connectivity index (χ4v) is 2.64. The minimum atomic E-state index is 0.200. The molecule has 1 unspecified atom stereocenters. The molecule has 0 heterocycles. The molecule has 2 aromatic carbocycles. The minimum absolute atomic E-state index is 0.200. The monoisotopic (exact) mass is 269 g/mol. The highest BCUT2D eigenvalue weighted by atomic mass is 16.5. The lowest BCUT2D eigenvalue weighted by Crippen LogP contribution is -2.17. The van der Waals surface area contributed by atoms with E-state index in [1.54, 1.807) is 7.11 Å². The van der Waals surface area contributed by atoms with Crippen LogP contribution in [0.2, 0.25) is 0 Å². The van der Waals surface area contributed by atoms with Crippen molar-refractivity contribution in [1.29, 1.82) is 0 Å². The minimum Gasteiger partial charge on any atom is -0.496 e. The van der Waals surface area contributed by atoms with Crippen LogP contribution in [0.4, 0.5) is 0 Å². The Morgan fingerprint density at radius 2 is 1.55 bits per heavy atom. The molecule has 0 radical (unpaired) electrons. The molecule has 0 aliphatic rings. The molecule has 1 atom stereocenters. The standard InChI is InChI=1S/C18H23NO/c1-12-9-17(10-13(2)18(12)20-4)16-7-5-15(6-8-16)11-14(3)19/h5-10,14H,11,19H2,1-4H3. The molecule has 0 saturated heterocycles. The van der Waals surface area contributed by atoms with Crippen LogP contribution in [-0.2, 0) is 6.42 Å². The molecule has 0 amide bonds. The van der Waals surface area contributed by atoms with Gasteiger partial charge in [0.2, 0.25) is 0 Å². The molecule has 0 aromatic heterocycles. The Bertz CT molecular complexity index is 562. The third-order valence-electron chi connectivity index (χ3n) is 3.51. The van der Waals surface area contributed by atoms with Crippen LogP contribution in [0.15, 0.2) is 36.4 Å². The molecular weight excluding hydrogens is 246 g/mol. The van der Waals surface area contributed by atoms with Gasteiger partial charge < -0.3 is 10.5 Å². The second-order valence-electron chi connectivity index (χ2n) is 5.52. The van der Waals surface area contributed by atoms with E-state index in [0.717, 1.165) is 12.2 Å². The highest BCUT2D eigenvalue weighted by molar-refractivity contribution is 5.67. The van der Waals surface area contributed by atoms with Crippen LogP contribution in [0.3, 0.4) is 0 Å². The van der Waals surface area contributed by atoms with Gasteiger partial charge in [0.05, 0.1) is 7.11 Å². The van der Waals surface area contributed by atoms with Crippen LogP contribution in [0, 0.1) is 13.8 Å². The largest absolute Gasteiger partial charge is 0.496 e. The maximum absolute atomic E-state index is 5.83. The molecule has 0 fully saturated rings. The first kappa shape index (κ1) is 14.6. The van der Waals surface area contributed by atoms with Gasteiger partial charge in [-0.25, -0.2) is 0 Å². The van der Waals surface area contributed by atoms with Crippen LogP contribution < -0.4 is 10.5 Å². The Kier molecular flexibility index (Phi) is 4.46. The number of hydrogen-bond acceptors (Lipinski definition) is 2. The second-order valence-corrected chi connectivity index (χ2v) is 5.52. The average molecular weight is 269 g/mol. The first-order chi connectivity index (χ1) is 9.51. The fourth-order valence-electron chi connectivity index (χ4n) is 2.64. The van der Waals surface area contributed by atoms with Crippen molar-refractivity contribution in [2.75, 3.05) is 7.11 Å². The third-order valence-corrected chi connectivity index (χ3v) is 3.51. The van der Waals surface area contributed by atoms with Gasteiger partial charge in [0.1, 0.15) is 5.75 Å². The summed E-state index contributed by atoms with van der Waals surface area (Å²) in [6.45, 7) is 6.20. The van der Waals surface area contributed by atoms with Crippen molar-refractivity contribution in [2.24, 2.45) is 5.73 Å². The number of rotatable bonds is 4. The van der Waals surface area contributed by atoms with Crippen LogP contribution in [-0.4, -0.2) is 13.2 Å². The lowest BCUT2D eigenvalue weighted by atomic mass is 9.98. The first-order valence-electron chi connectivity index (χ1n) is 7.01. The lowest BCUT2D eigenvalue weighted by molar-refractivity contribution is 0.408. The molecular formula is C18H23NO. The van der Waals surface area contributed by atoms with Crippen molar-refractivity contribution >= 4 is 0 Å². The van der Waals surface area contributed by atoms with E-state index in [4.69, 9.17) is 10.5 Å². The van der Waals surface area contributed by atoms with Crippen molar-refractivity contribution < 1.29 is 4.74 Å². The van der Waals surface area contributed by atoms with E-state index in [0.29, 0.717) is 0 Å². The van der Waals surface area contributed by atoms with E-state index in [-0.39, 0.29) is 6.04 Å². The van der Waals surface area contributed by atoms with Gasteiger partial charge in [-0.05, 0) is 67.1 Å². The molecule has 0 bridgehead atoms. The van der Waals surface area contributed by atoms with E-state index >= 15 is 0 Å². The Labute approximate surface area is 121 Å². The smallest absolute Gasteiger partial charge is 0.124 e. The highest BCUT2D eigenvalue weighted by Gasteiger charge is 2.07. The number of aryl methyl sites for hydroxylation is 2. The Balaban J connectivity index is 2.32. The summed E-state index contributed by atoms with van der Waals surface area (Å²) in [5.74, 6) is 0.974. The molecule has 106 valence electrons. The first-order valence-corrected chi connectivity index (χ1v) is 7.01. The van der Waals surface area contributed by atoms with Gasteiger partial charge in [-0.3, -0.25) is 0 Å².